The van der Waals surface area contributed by atoms with Crippen molar-refractivity contribution in [3.05, 3.63) is 30.3 Å². The van der Waals surface area contributed by atoms with Gasteiger partial charge in [0.05, 0.1) is 32.0 Å². The van der Waals surface area contributed by atoms with Crippen LogP contribution in [-0.4, -0.2) is 25.7 Å². The molecule has 0 saturated carbocycles. The predicted octanol–water partition coefficient (Wildman–Crippen LogP) is 3.42. The van der Waals surface area contributed by atoms with E-state index in [1.165, 1.54) is 0 Å². The lowest BCUT2D eigenvalue weighted by Gasteiger charge is -2.10. The van der Waals surface area contributed by atoms with E-state index < -0.39 is 0 Å². The van der Waals surface area contributed by atoms with Gasteiger partial charge >= 0.3 is 0 Å². The predicted molar refractivity (Wildman–Crippen MR) is 81.8 cm³/mol. The van der Waals surface area contributed by atoms with E-state index in [1.807, 2.05) is 25.1 Å². The molecule has 1 aromatic carbocycles. The van der Waals surface area contributed by atoms with E-state index >= 15 is 0 Å². The van der Waals surface area contributed by atoms with Gasteiger partial charge in [0, 0.05) is 0 Å². The van der Waals surface area contributed by atoms with Crippen LogP contribution in [0.4, 0.5) is 0 Å². The maximum absolute atomic E-state index is 5.86. The first-order valence-corrected chi connectivity index (χ1v) is 7.11. The number of benzene rings is 1. The van der Waals surface area contributed by atoms with Gasteiger partial charge in [0.2, 0.25) is 5.89 Å². The zero-order chi connectivity index (χ0) is 15.2. The van der Waals surface area contributed by atoms with Gasteiger partial charge < -0.3 is 19.2 Å². The number of methoxy groups -OCH3 is 2. The second-order valence-electron chi connectivity index (χ2n) is 4.80. The van der Waals surface area contributed by atoms with Gasteiger partial charge in [-0.15, -0.1) is 0 Å². The Bertz CT molecular complexity index is 581. The summed E-state index contributed by atoms with van der Waals surface area (Å²) in [6.07, 6.45) is 2.79. The van der Waals surface area contributed by atoms with Crippen LogP contribution >= 0.6 is 0 Å². The van der Waals surface area contributed by atoms with Crippen LogP contribution < -0.4 is 14.8 Å². The Balaban J connectivity index is 2.28. The van der Waals surface area contributed by atoms with E-state index in [0.29, 0.717) is 11.7 Å². The van der Waals surface area contributed by atoms with Crippen LogP contribution in [0.1, 0.15) is 32.2 Å². The Hall–Kier alpha value is -2.01. The highest BCUT2D eigenvalue weighted by atomic mass is 16.5. The van der Waals surface area contributed by atoms with Crippen molar-refractivity contribution in [2.75, 3.05) is 20.8 Å². The zero-order valence-electron chi connectivity index (χ0n) is 13.0. The van der Waals surface area contributed by atoms with Crippen LogP contribution in [0.25, 0.3) is 11.3 Å². The first kappa shape index (κ1) is 15.4. The van der Waals surface area contributed by atoms with Gasteiger partial charge in [-0.1, -0.05) is 6.92 Å². The molecule has 1 aromatic heterocycles. The molecule has 0 aliphatic rings. The van der Waals surface area contributed by atoms with Crippen molar-refractivity contribution in [1.29, 1.82) is 0 Å². The summed E-state index contributed by atoms with van der Waals surface area (Å²) in [6, 6.07) is 5.67. The number of ether oxygens (including phenoxy) is 2. The minimum atomic E-state index is 0.0790. The fourth-order valence-electron chi connectivity index (χ4n) is 2.07. The molecule has 5 heteroatoms. The van der Waals surface area contributed by atoms with Gasteiger partial charge in [-0.3, -0.25) is 0 Å². The number of rotatable bonds is 7. The van der Waals surface area contributed by atoms with Crippen molar-refractivity contribution in [3.63, 3.8) is 0 Å². The summed E-state index contributed by atoms with van der Waals surface area (Å²) in [5.41, 5.74) is 0.832. The van der Waals surface area contributed by atoms with Gasteiger partial charge in [-0.2, -0.15) is 0 Å². The van der Waals surface area contributed by atoms with E-state index in [9.17, 15) is 0 Å². The molecule has 1 atom stereocenters. The first-order valence-electron chi connectivity index (χ1n) is 7.11. The molecule has 1 heterocycles. The molecule has 2 aromatic rings. The Morgan fingerprint density at radius 1 is 1.29 bits per heavy atom. The quantitative estimate of drug-likeness (QED) is 0.846. The van der Waals surface area contributed by atoms with Crippen LogP contribution in [0.5, 0.6) is 11.5 Å². The summed E-state index contributed by atoms with van der Waals surface area (Å²) in [5, 5.41) is 3.35. The summed E-state index contributed by atoms with van der Waals surface area (Å²) in [7, 11) is 3.27. The third-order valence-corrected chi connectivity index (χ3v) is 3.27. The number of nitrogens with zero attached hydrogens (tertiary/aromatic N) is 1. The first-order chi connectivity index (χ1) is 10.2. The largest absolute Gasteiger partial charge is 0.497 e. The summed E-state index contributed by atoms with van der Waals surface area (Å²) in [5.74, 6) is 2.82. The summed E-state index contributed by atoms with van der Waals surface area (Å²) >= 11 is 0. The van der Waals surface area contributed by atoms with Crippen molar-refractivity contribution in [2.45, 2.75) is 26.3 Å². The van der Waals surface area contributed by atoms with Gasteiger partial charge in [0.25, 0.3) is 0 Å². The third-order valence-electron chi connectivity index (χ3n) is 3.27. The van der Waals surface area contributed by atoms with E-state index in [0.717, 1.165) is 30.0 Å². The molecule has 0 radical (unpaired) electrons. The normalized spacial score (nSPS) is 12.2. The highest BCUT2D eigenvalue weighted by molar-refractivity contribution is 5.67. The van der Waals surface area contributed by atoms with E-state index in [-0.39, 0.29) is 6.04 Å². The number of hydrogen-bond acceptors (Lipinski definition) is 5. The lowest BCUT2D eigenvalue weighted by atomic mass is 10.1. The zero-order valence-corrected chi connectivity index (χ0v) is 13.0. The van der Waals surface area contributed by atoms with Gasteiger partial charge in [-0.05, 0) is 38.1 Å². The highest BCUT2D eigenvalue weighted by Gasteiger charge is 2.16. The lowest BCUT2D eigenvalue weighted by Crippen LogP contribution is -2.19. The van der Waals surface area contributed by atoms with Crippen LogP contribution in [0.2, 0.25) is 0 Å². The van der Waals surface area contributed by atoms with E-state index in [2.05, 4.69) is 17.2 Å². The molecular formula is C16H22N2O3. The number of hydrogen-bond donors (Lipinski definition) is 1. The summed E-state index contributed by atoms with van der Waals surface area (Å²) in [4.78, 5) is 4.35. The van der Waals surface area contributed by atoms with Gasteiger partial charge in [0.1, 0.15) is 11.5 Å². The molecular weight excluding hydrogens is 268 g/mol. The van der Waals surface area contributed by atoms with Crippen LogP contribution in [0, 0.1) is 0 Å². The molecule has 0 saturated heterocycles. The molecule has 5 nitrogen and oxygen atoms in total. The minimum absolute atomic E-state index is 0.0790. The second kappa shape index (κ2) is 7.13. The molecule has 2 rings (SSSR count). The lowest BCUT2D eigenvalue weighted by molar-refractivity contribution is 0.399. The molecule has 0 bridgehead atoms. The molecule has 0 fully saturated rings. The van der Waals surface area contributed by atoms with Gasteiger partial charge in [-0.25, -0.2) is 4.98 Å². The smallest absolute Gasteiger partial charge is 0.211 e. The Morgan fingerprint density at radius 3 is 2.76 bits per heavy atom. The molecule has 114 valence electrons. The molecule has 0 amide bonds. The molecule has 21 heavy (non-hydrogen) atoms. The maximum atomic E-state index is 5.86. The second-order valence-corrected chi connectivity index (χ2v) is 4.80. The molecule has 0 aliphatic carbocycles. The Morgan fingerprint density at radius 2 is 2.10 bits per heavy atom. The number of aromatic nitrogens is 1. The van der Waals surface area contributed by atoms with E-state index in [4.69, 9.17) is 13.9 Å². The van der Waals surface area contributed by atoms with Crippen LogP contribution in [-0.2, 0) is 0 Å². The van der Waals surface area contributed by atoms with E-state index in [1.54, 1.807) is 20.4 Å². The number of oxazole rings is 1. The average molecular weight is 290 g/mol. The van der Waals surface area contributed by atoms with Crippen molar-refractivity contribution in [3.8, 4) is 22.8 Å². The Labute approximate surface area is 125 Å². The standard InChI is InChI=1S/C16H22N2O3/c1-5-8-17-11(2)16-18-10-15(21-16)13-9-12(19-3)6-7-14(13)20-4/h6-7,9-11,17H,5,8H2,1-4H3. The summed E-state index contributed by atoms with van der Waals surface area (Å²) < 4.78 is 16.5. The van der Waals surface area contributed by atoms with Crippen molar-refractivity contribution >= 4 is 0 Å². The molecule has 1 unspecified atom stereocenters. The molecule has 0 aliphatic heterocycles. The average Bonchev–Trinajstić information content (AvgIpc) is 3.01. The van der Waals surface area contributed by atoms with Gasteiger partial charge in [0.15, 0.2) is 5.76 Å². The fraction of sp³-hybridized carbons (Fsp3) is 0.438. The molecule has 1 N–H and O–H groups in total. The van der Waals surface area contributed by atoms with Crippen molar-refractivity contribution in [2.24, 2.45) is 0 Å². The van der Waals surface area contributed by atoms with Crippen molar-refractivity contribution < 1.29 is 13.9 Å². The fourth-order valence-corrected chi connectivity index (χ4v) is 2.07. The minimum Gasteiger partial charge on any atom is -0.497 e. The Kier molecular flexibility index (Phi) is 5.22. The molecule has 0 spiro atoms. The SMILES string of the molecule is CCCNC(C)c1ncc(-c2cc(OC)ccc2OC)o1. The monoisotopic (exact) mass is 290 g/mol. The summed E-state index contributed by atoms with van der Waals surface area (Å²) in [6.45, 7) is 5.09. The maximum Gasteiger partial charge on any atom is 0.211 e. The third kappa shape index (κ3) is 3.55. The topological polar surface area (TPSA) is 56.5 Å². The van der Waals surface area contributed by atoms with Crippen LogP contribution in [0.15, 0.2) is 28.8 Å². The number of nitrogens with one attached hydrogen (secondary N) is 1. The van der Waals surface area contributed by atoms with Crippen molar-refractivity contribution in [1.82, 2.24) is 10.3 Å². The highest BCUT2D eigenvalue weighted by Crippen LogP contribution is 2.34. The van der Waals surface area contributed by atoms with Crippen LogP contribution in [0.3, 0.4) is 0 Å².